The third kappa shape index (κ3) is 4.04. The predicted molar refractivity (Wildman–Crippen MR) is 83.3 cm³/mol. The van der Waals surface area contributed by atoms with Crippen molar-refractivity contribution in [1.29, 1.82) is 0 Å². The van der Waals surface area contributed by atoms with Crippen LogP contribution in [0.25, 0.3) is 0 Å². The van der Waals surface area contributed by atoms with Crippen molar-refractivity contribution in [2.45, 2.75) is 25.4 Å². The molecule has 0 aromatic heterocycles. The maximum absolute atomic E-state index is 12.3. The fourth-order valence-electron chi connectivity index (χ4n) is 2.23. The normalized spacial score (nSPS) is 21.0. The monoisotopic (exact) mass is 289 g/mol. The van der Waals surface area contributed by atoms with Gasteiger partial charge in [-0.05, 0) is 39.5 Å². The Balaban J connectivity index is 1.86. The van der Waals surface area contributed by atoms with Crippen LogP contribution in [0.4, 0.5) is 0 Å². The number of nitrogens with zero attached hydrogens (tertiary/aromatic N) is 2. The van der Waals surface area contributed by atoms with Crippen molar-refractivity contribution in [2.75, 3.05) is 27.2 Å². The SMILES string of the molecule is CN(C)CCCNC(=O)C1(C)CC(c2ccccc2)=NO1. The van der Waals surface area contributed by atoms with Crippen LogP contribution >= 0.6 is 0 Å². The average molecular weight is 289 g/mol. The highest BCUT2D eigenvalue weighted by molar-refractivity contribution is 6.05. The van der Waals surface area contributed by atoms with E-state index in [0.29, 0.717) is 13.0 Å². The third-order valence-corrected chi connectivity index (χ3v) is 3.52. The molecule has 0 fully saturated rings. The van der Waals surface area contributed by atoms with Crippen LogP contribution in [0.1, 0.15) is 25.3 Å². The molecule has 2 rings (SSSR count). The smallest absolute Gasteiger partial charge is 0.267 e. The first-order chi connectivity index (χ1) is 10.0. The molecule has 0 bridgehead atoms. The van der Waals surface area contributed by atoms with Crippen LogP contribution in [0.5, 0.6) is 0 Å². The zero-order valence-corrected chi connectivity index (χ0v) is 12.9. The molecule has 0 aliphatic carbocycles. The number of amides is 1. The van der Waals surface area contributed by atoms with Crippen LogP contribution in [-0.2, 0) is 9.63 Å². The Morgan fingerprint density at radius 1 is 1.38 bits per heavy atom. The van der Waals surface area contributed by atoms with Gasteiger partial charge in [-0.3, -0.25) is 4.79 Å². The van der Waals surface area contributed by atoms with Gasteiger partial charge in [-0.25, -0.2) is 0 Å². The van der Waals surface area contributed by atoms with Gasteiger partial charge < -0.3 is 15.1 Å². The van der Waals surface area contributed by atoms with Crippen molar-refractivity contribution in [3.63, 3.8) is 0 Å². The van der Waals surface area contributed by atoms with Crippen molar-refractivity contribution in [2.24, 2.45) is 5.16 Å². The molecule has 5 nitrogen and oxygen atoms in total. The molecule has 114 valence electrons. The van der Waals surface area contributed by atoms with Gasteiger partial charge in [-0.2, -0.15) is 0 Å². The Kier molecular flexibility index (Phi) is 4.96. The molecule has 1 amide bonds. The Morgan fingerprint density at radius 2 is 2.10 bits per heavy atom. The Hall–Kier alpha value is -1.88. The van der Waals surface area contributed by atoms with E-state index in [0.717, 1.165) is 24.2 Å². The van der Waals surface area contributed by atoms with E-state index >= 15 is 0 Å². The van der Waals surface area contributed by atoms with Gasteiger partial charge in [-0.1, -0.05) is 35.5 Å². The highest BCUT2D eigenvalue weighted by Crippen LogP contribution is 2.26. The minimum atomic E-state index is -0.900. The highest BCUT2D eigenvalue weighted by Gasteiger charge is 2.41. The lowest BCUT2D eigenvalue weighted by atomic mass is 9.95. The van der Waals surface area contributed by atoms with Gasteiger partial charge in [-0.15, -0.1) is 0 Å². The van der Waals surface area contributed by atoms with Crippen molar-refractivity contribution in [3.8, 4) is 0 Å². The van der Waals surface area contributed by atoms with Crippen LogP contribution in [0.15, 0.2) is 35.5 Å². The van der Waals surface area contributed by atoms with Crippen LogP contribution in [-0.4, -0.2) is 49.3 Å². The minimum absolute atomic E-state index is 0.101. The molecule has 1 atom stereocenters. The van der Waals surface area contributed by atoms with Crippen LogP contribution in [0.3, 0.4) is 0 Å². The van der Waals surface area contributed by atoms with E-state index in [2.05, 4.69) is 15.4 Å². The van der Waals surface area contributed by atoms with E-state index in [-0.39, 0.29) is 5.91 Å². The fourth-order valence-corrected chi connectivity index (χ4v) is 2.23. The van der Waals surface area contributed by atoms with Gasteiger partial charge in [0.1, 0.15) is 0 Å². The molecule has 1 N–H and O–H groups in total. The van der Waals surface area contributed by atoms with Gasteiger partial charge in [0.2, 0.25) is 5.60 Å². The summed E-state index contributed by atoms with van der Waals surface area (Å²) in [7, 11) is 4.03. The number of benzene rings is 1. The summed E-state index contributed by atoms with van der Waals surface area (Å²) in [5.41, 5.74) is 0.923. The molecule has 1 unspecified atom stereocenters. The standard InChI is InChI=1S/C16H23N3O2/c1-16(15(20)17-10-7-11-19(2)3)12-14(18-21-16)13-8-5-4-6-9-13/h4-6,8-9H,7,10-12H2,1-3H3,(H,17,20). The lowest BCUT2D eigenvalue weighted by molar-refractivity contribution is -0.141. The first-order valence-electron chi connectivity index (χ1n) is 7.25. The molecular formula is C16H23N3O2. The van der Waals surface area contributed by atoms with E-state index in [9.17, 15) is 4.79 Å². The Bertz CT molecular complexity index is 514. The topological polar surface area (TPSA) is 53.9 Å². The number of oxime groups is 1. The van der Waals surface area contributed by atoms with Gasteiger partial charge >= 0.3 is 0 Å². The van der Waals surface area contributed by atoms with Crippen LogP contribution in [0, 0.1) is 0 Å². The fraction of sp³-hybridized carbons (Fsp3) is 0.500. The van der Waals surface area contributed by atoms with Crippen molar-refractivity contribution >= 4 is 11.6 Å². The molecule has 1 aliphatic heterocycles. The summed E-state index contributed by atoms with van der Waals surface area (Å²) in [5.74, 6) is -0.101. The molecule has 0 spiro atoms. The third-order valence-electron chi connectivity index (χ3n) is 3.52. The minimum Gasteiger partial charge on any atom is -0.379 e. The maximum Gasteiger partial charge on any atom is 0.267 e. The molecular weight excluding hydrogens is 266 g/mol. The number of nitrogens with one attached hydrogen (secondary N) is 1. The lowest BCUT2D eigenvalue weighted by Crippen LogP contribution is -2.45. The average Bonchev–Trinajstić information content (AvgIpc) is 2.88. The van der Waals surface area contributed by atoms with E-state index in [1.165, 1.54) is 0 Å². The largest absolute Gasteiger partial charge is 0.379 e. The molecule has 1 aromatic carbocycles. The summed E-state index contributed by atoms with van der Waals surface area (Å²) in [6, 6.07) is 9.81. The van der Waals surface area contributed by atoms with Gasteiger partial charge in [0.05, 0.1) is 5.71 Å². The number of hydrogen-bond donors (Lipinski definition) is 1. The molecule has 5 heteroatoms. The molecule has 1 heterocycles. The number of carbonyl (C=O) groups excluding carboxylic acids is 1. The van der Waals surface area contributed by atoms with E-state index in [1.807, 2.05) is 44.4 Å². The summed E-state index contributed by atoms with van der Waals surface area (Å²) < 4.78 is 0. The summed E-state index contributed by atoms with van der Waals surface area (Å²) in [5, 5.41) is 7.01. The summed E-state index contributed by atoms with van der Waals surface area (Å²) in [4.78, 5) is 19.8. The van der Waals surface area contributed by atoms with E-state index < -0.39 is 5.60 Å². The lowest BCUT2D eigenvalue weighted by Gasteiger charge is -2.20. The van der Waals surface area contributed by atoms with Crippen molar-refractivity contribution in [1.82, 2.24) is 10.2 Å². The zero-order valence-electron chi connectivity index (χ0n) is 12.9. The van der Waals surface area contributed by atoms with Crippen LogP contribution in [0.2, 0.25) is 0 Å². The van der Waals surface area contributed by atoms with Gasteiger partial charge in [0.15, 0.2) is 0 Å². The van der Waals surface area contributed by atoms with Crippen LogP contribution < -0.4 is 5.32 Å². The summed E-state index contributed by atoms with van der Waals surface area (Å²) in [6.07, 6.45) is 1.41. The molecule has 1 aromatic rings. The van der Waals surface area contributed by atoms with Gasteiger partial charge in [0, 0.05) is 13.0 Å². The molecule has 1 aliphatic rings. The van der Waals surface area contributed by atoms with Gasteiger partial charge in [0.25, 0.3) is 5.91 Å². The number of rotatable bonds is 6. The zero-order chi connectivity index (χ0) is 15.3. The highest BCUT2D eigenvalue weighted by atomic mass is 16.7. The second-order valence-corrected chi connectivity index (χ2v) is 5.82. The molecule has 21 heavy (non-hydrogen) atoms. The second kappa shape index (κ2) is 6.72. The van der Waals surface area contributed by atoms with E-state index in [1.54, 1.807) is 6.92 Å². The first-order valence-corrected chi connectivity index (χ1v) is 7.25. The van der Waals surface area contributed by atoms with Crippen molar-refractivity contribution in [3.05, 3.63) is 35.9 Å². The summed E-state index contributed by atoms with van der Waals surface area (Å²) in [6.45, 7) is 3.38. The Labute approximate surface area is 126 Å². The van der Waals surface area contributed by atoms with E-state index in [4.69, 9.17) is 4.84 Å². The molecule has 0 radical (unpaired) electrons. The first kappa shape index (κ1) is 15.5. The Morgan fingerprint density at radius 3 is 2.76 bits per heavy atom. The second-order valence-electron chi connectivity index (χ2n) is 5.82. The number of carbonyl (C=O) groups is 1. The number of hydrogen-bond acceptors (Lipinski definition) is 4. The van der Waals surface area contributed by atoms with Crippen molar-refractivity contribution < 1.29 is 9.63 Å². The predicted octanol–water partition coefficient (Wildman–Crippen LogP) is 1.64. The molecule has 0 saturated heterocycles. The molecule has 0 saturated carbocycles. The quantitative estimate of drug-likeness (QED) is 0.810. The maximum atomic E-state index is 12.3. The summed E-state index contributed by atoms with van der Waals surface area (Å²) >= 11 is 0.